The quantitative estimate of drug-likeness (QED) is 0.607. The van der Waals surface area contributed by atoms with Crippen LogP contribution in [-0.4, -0.2) is 23.1 Å². The van der Waals surface area contributed by atoms with Crippen LogP contribution in [0.5, 0.6) is 0 Å². The molecule has 1 aromatic rings. The van der Waals surface area contributed by atoms with E-state index in [1.54, 1.807) is 12.1 Å². The van der Waals surface area contributed by atoms with Gasteiger partial charge in [-0.3, -0.25) is 10.1 Å². The molecule has 0 unspecified atom stereocenters. The van der Waals surface area contributed by atoms with Crippen LogP contribution in [0.25, 0.3) is 0 Å². The Hall–Kier alpha value is -1.62. The van der Waals surface area contributed by atoms with Crippen molar-refractivity contribution in [2.75, 3.05) is 18.0 Å². The first kappa shape index (κ1) is 13.8. The van der Waals surface area contributed by atoms with Gasteiger partial charge in [-0.15, -0.1) is 0 Å². The van der Waals surface area contributed by atoms with Crippen molar-refractivity contribution in [3.63, 3.8) is 0 Å². The fourth-order valence-corrected chi connectivity index (χ4v) is 2.28. The van der Waals surface area contributed by atoms with Crippen LogP contribution in [0.3, 0.4) is 0 Å². The molecule has 19 heavy (non-hydrogen) atoms. The summed E-state index contributed by atoms with van der Waals surface area (Å²) < 4.78 is 0. The van der Waals surface area contributed by atoms with Crippen molar-refractivity contribution in [3.05, 3.63) is 33.9 Å². The van der Waals surface area contributed by atoms with E-state index in [1.165, 1.54) is 18.9 Å². The van der Waals surface area contributed by atoms with Crippen LogP contribution in [0.4, 0.5) is 11.4 Å². The SMILES string of the molecule is CCCN(CC1CC1)c1ccc([N+](=O)[O-])c(CO)c1. The average Bonchev–Trinajstić information content (AvgIpc) is 3.21. The summed E-state index contributed by atoms with van der Waals surface area (Å²) in [6.45, 7) is 3.78. The summed E-state index contributed by atoms with van der Waals surface area (Å²) >= 11 is 0. The Labute approximate surface area is 113 Å². The molecule has 5 nitrogen and oxygen atoms in total. The van der Waals surface area contributed by atoms with Gasteiger partial charge < -0.3 is 10.0 Å². The first-order chi connectivity index (χ1) is 9.15. The highest BCUT2D eigenvalue weighted by Crippen LogP contribution is 2.32. The lowest BCUT2D eigenvalue weighted by molar-refractivity contribution is -0.385. The van der Waals surface area contributed by atoms with Crippen LogP contribution >= 0.6 is 0 Å². The van der Waals surface area contributed by atoms with Crippen LogP contribution < -0.4 is 4.90 Å². The summed E-state index contributed by atoms with van der Waals surface area (Å²) in [5.74, 6) is 0.763. The third-order valence-corrected chi connectivity index (χ3v) is 3.46. The number of aliphatic hydroxyl groups excluding tert-OH is 1. The fraction of sp³-hybridized carbons (Fsp3) is 0.571. The first-order valence-electron chi connectivity index (χ1n) is 6.78. The van der Waals surface area contributed by atoms with E-state index in [0.717, 1.165) is 31.1 Å². The van der Waals surface area contributed by atoms with Gasteiger partial charge in [-0.1, -0.05) is 6.92 Å². The summed E-state index contributed by atoms with van der Waals surface area (Å²) in [5, 5.41) is 20.1. The molecular weight excluding hydrogens is 244 g/mol. The molecule has 1 aromatic carbocycles. The maximum absolute atomic E-state index is 10.9. The standard InChI is InChI=1S/C14H20N2O3/c1-2-7-15(9-11-3-4-11)13-5-6-14(16(18)19)12(8-13)10-17/h5-6,8,11,17H,2-4,7,9-10H2,1H3. The van der Waals surface area contributed by atoms with Crippen molar-refractivity contribution in [3.8, 4) is 0 Å². The zero-order valence-corrected chi connectivity index (χ0v) is 11.2. The Bertz CT molecular complexity index is 458. The van der Waals surface area contributed by atoms with Gasteiger partial charge in [0, 0.05) is 24.8 Å². The zero-order chi connectivity index (χ0) is 13.8. The van der Waals surface area contributed by atoms with Gasteiger partial charge in [-0.25, -0.2) is 0 Å². The third kappa shape index (κ3) is 3.44. The van der Waals surface area contributed by atoms with E-state index in [2.05, 4.69) is 11.8 Å². The number of rotatable bonds is 7. The molecule has 0 aliphatic heterocycles. The smallest absolute Gasteiger partial charge is 0.275 e. The molecule has 1 aliphatic carbocycles. The van der Waals surface area contributed by atoms with Gasteiger partial charge >= 0.3 is 0 Å². The van der Waals surface area contributed by atoms with Gasteiger partial charge in [0.25, 0.3) is 5.69 Å². The van der Waals surface area contributed by atoms with Crippen LogP contribution in [0.1, 0.15) is 31.7 Å². The Morgan fingerprint density at radius 1 is 1.47 bits per heavy atom. The van der Waals surface area contributed by atoms with E-state index < -0.39 is 4.92 Å². The maximum atomic E-state index is 10.9. The lowest BCUT2D eigenvalue weighted by Crippen LogP contribution is -2.26. The van der Waals surface area contributed by atoms with E-state index >= 15 is 0 Å². The van der Waals surface area contributed by atoms with Crippen molar-refractivity contribution in [1.82, 2.24) is 0 Å². The Balaban J connectivity index is 2.23. The summed E-state index contributed by atoms with van der Waals surface area (Å²) in [4.78, 5) is 12.7. The van der Waals surface area contributed by atoms with Crippen LogP contribution in [0, 0.1) is 16.0 Å². The van der Waals surface area contributed by atoms with Crippen LogP contribution in [0.2, 0.25) is 0 Å². The third-order valence-electron chi connectivity index (χ3n) is 3.46. The van der Waals surface area contributed by atoms with Crippen molar-refractivity contribution < 1.29 is 10.0 Å². The molecule has 1 N–H and O–H groups in total. The monoisotopic (exact) mass is 264 g/mol. The molecule has 0 radical (unpaired) electrons. The first-order valence-corrected chi connectivity index (χ1v) is 6.78. The zero-order valence-electron chi connectivity index (χ0n) is 11.2. The summed E-state index contributed by atoms with van der Waals surface area (Å²) in [6.07, 6.45) is 3.60. The van der Waals surface area contributed by atoms with E-state index in [1.807, 2.05) is 0 Å². The highest BCUT2D eigenvalue weighted by Gasteiger charge is 2.25. The predicted octanol–water partition coefficient (Wildman–Crippen LogP) is 2.71. The van der Waals surface area contributed by atoms with Gasteiger partial charge in [0.05, 0.1) is 17.1 Å². The number of aliphatic hydroxyl groups is 1. The highest BCUT2D eigenvalue weighted by atomic mass is 16.6. The molecule has 1 fully saturated rings. The summed E-state index contributed by atoms with van der Waals surface area (Å²) in [7, 11) is 0. The number of benzene rings is 1. The highest BCUT2D eigenvalue weighted by molar-refractivity contribution is 5.55. The maximum Gasteiger partial charge on any atom is 0.275 e. The molecule has 0 bridgehead atoms. The van der Waals surface area contributed by atoms with Gasteiger partial charge in [-0.05, 0) is 37.3 Å². The topological polar surface area (TPSA) is 66.6 Å². The molecule has 104 valence electrons. The summed E-state index contributed by atoms with van der Waals surface area (Å²) in [5.41, 5.74) is 1.36. The van der Waals surface area contributed by atoms with Gasteiger partial charge in [0.15, 0.2) is 0 Å². The van der Waals surface area contributed by atoms with E-state index in [4.69, 9.17) is 0 Å². The molecule has 0 amide bonds. The van der Waals surface area contributed by atoms with E-state index in [9.17, 15) is 15.2 Å². The second-order valence-electron chi connectivity index (χ2n) is 5.12. The second-order valence-corrected chi connectivity index (χ2v) is 5.12. The Morgan fingerprint density at radius 2 is 2.21 bits per heavy atom. The molecule has 0 atom stereocenters. The summed E-state index contributed by atoms with van der Waals surface area (Å²) in [6, 6.07) is 5.03. The molecule has 0 saturated heterocycles. The minimum absolute atomic E-state index is 0.00544. The lowest BCUT2D eigenvalue weighted by atomic mass is 10.1. The molecule has 0 spiro atoms. The minimum atomic E-state index is -0.444. The van der Waals surface area contributed by atoms with Crippen LogP contribution in [0.15, 0.2) is 18.2 Å². The number of hydrogen-bond donors (Lipinski definition) is 1. The van der Waals surface area contributed by atoms with Crippen LogP contribution in [-0.2, 0) is 6.61 Å². The van der Waals surface area contributed by atoms with Gasteiger partial charge in [-0.2, -0.15) is 0 Å². The number of nitrogens with zero attached hydrogens (tertiary/aromatic N) is 2. The van der Waals surface area contributed by atoms with E-state index in [-0.39, 0.29) is 12.3 Å². The minimum Gasteiger partial charge on any atom is -0.391 e. The predicted molar refractivity (Wildman–Crippen MR) is 74.2 cm³/mol. The molecule has 1 saturated carbocycles. The van der Waals surface area contributed by atoms with Gasteiger partial charge in [0.1, 0.15) is 0 Å². The molecule has 2 rings (SSSR count). The van der Waals surface area contributed by atoms with Crippen molar-refractivity contribution in [2.24, 2.45) is 5.92 Å². The largest absolute Gasteiger partial charge is 0.391 e. The number of nitro groups is 1. The molecule has 1 aliphatic rings. The number of nitro benzene ring substituents is 1. The normalized spacial score (nSPS) is 14.4. The Morgan fingerprint density at radius 3 is 2.74 bits per heavy atom. The van der Waals surface area contributed by atoms with Crippen molar-refractivity contribution >= 4 is 11.4 Å². The van der Waals surface area contributed by atoms with E-state index in [0.29, 0.717) is 5.56 Å². The second kappa shape index (κ2) is 6.02. The Kier molecular flexibility index (Phi) is 4.37. The molecule has 0 heterocycles. The number of anilines is 1. The van der Waals surface area contributed by atoms with Crippen molar-refractivity contribution in [2.45, 2.75) is 32.8 Å². The van der Waals surface area contributed by atoms with Gasteiger partial charge in [0.2, 0.25) is 0 Å². The average molecular weight is 264 g/mol. The molecule has 5 heteroatoms. The lowest BCUT2D eigenvalue weighted by Gasteiger charge is -2.24. The molecular formula is C14H20N2O3. The fourth-order valence-electron chi connectivity index (χ4n) is 2.28. The number of hydrogen-bond acceptors (Lipinski definition) is 4. The van der Waals surface area contributed by atoms with Crippen molar-refractivity contribution in [1.29, 1.82) is 0 Å². The molecule has 0 aromatic heterocycles.